The summed E-state index contributed by atoms with van der Waals surface area (Å²) in [6.07, 6.45) is -0.0728. The van der Waals surface area contributed by atoms with Gasteiger partial charge >= 0.3 is 0 Å². The molecular weight excluding hydrogens is 218 g/mol. The van der Waals surface area contributed by atoms with E-state index in [2.05, 4.69) is 0 Å². The monoisotopic (exact) mass is 229 g/mol. The van der Waals surface area contributed by atoms with Gasteiger partial charge in [-0.15, -0.1) is 12.4 Å². The van der Waals surface area contributed by atoms with Crippen LogP contribution < -0.4 is 15.2 Å². The number of carbonyl (C=O) groups is 1. The fraction of sp³-hybridized carbons (Fsp3) is 0.300. The maximum Gasteiger partial charge on any atom is 0.221 e. The lowest BCUT2D eigenvalue weighted by Crippen LogP contribution is -2.33. The van der Waals surface area contributed by atoms with E-state index in [-0.39, 0.29) is 30.8 Å². The predicted molar refractivity (Wildman–Crippen MR) is 57.4 cm³/mol. The van der Waals surface area contributed by atoms with E-state index in [9.17, 15) is 4.79 Å². The minimum atomic E-state index is -0.377. The Kier molecular flexibility index (Phi) is 3.80. The second-order valence-electron chi connectivity index (χ2n) is 3.17. The van der Waals surface area contributed by atoms with Crippen LogP contribution in [0.25, 0.3) is 0 Å². The quantitative estimate of drug-likeness (QED) is 0.827. The molecule has 2 N–H and O–H groups in total. The molecule has 1 aromatic carbocycles. The standard InChI is InChI=1S/C10H11NO3.ClH/c11-10(12)5-7-6-13-8-3-1-2-4-9(8)14-7;/h1-4,7H,5-6H2,(H2,11,12);1H. The van der Waals surface area contributed by atoms with Crippen molar-refractivity contribution in [3.05, 3.63) is 24.3 Å². The average Bonchev–Trinajstić information content (AvgIpc) is 2.17. The average molecular weight is 230 g/mol. The Balaban J connectivity index is 0.00000112. The first-order valence-electron chi connectivity index (χ1n) is 4.42. The van der Waals surface area contributed by atoms with Gasteiger partial charge in [-0.25, -0.2) is 0 Å². The molecule has 4 nitrogen and oxygen atoms in total. The van der Waals surface area contributed by atoms with Gasteiger partial charge in [0.05, 0.1) is 6.42 Å². The highest BCUT2D eigenvalue weighted by atomic mass is 35.5. The number of hydrogen-bond acceptors (Lipinski definition) is 3. The van der Waals surface area contributed by atoms with Crippen LogP contribution in [0.15, 0.2) is 24.3 Å². The van der Waals surface area contributed by atoms with Crippen LogP contribution in [0, 0.1) is 0 Å². The van der Waals surface area contributed by atoms with E-state index < -0.39 is 0 Å². The molecule has 0 saturated carbocycles. The zero-order valence-electron chi connectivity index (χ0n) is 8.01. The van der Waals surface area contributed by atoms with Crippen LogP contribution >= 0.6 is 12.4 Å². The summed E-state index contributed by atoms with van der Waals surface area (Å²) in [6, 6.07) is 7.36. The normalized spacial score (nSPS) is 17.7. The molecule has 0 spiro atoms. The molecule has 2 rings (SSSR count). The zero-order valence-corrected chi connectivity index (χ0v) is 8.83. The minimum absolute atomic E-state index is 0. The summed E-state index contributed by atoms with van der Waals surface area (Å²) in [7, 11) is 0. The number of para-hydroxylation sites is 2. The first-order valence-corrected chi connectivity index (χ1v) is 4.42. The largest absolute Gasteiger partial charge is 0.486 e. The third-order valence-electron chi connectivity index (χ3n) is 2.00. The Morgan fingerprint density at radius 1 is 1.40 bits per heavy atom. The molecule has 1 aliphatic heterocycles. The number of carbonyl (C=O) groups excluding carboxylic acids is 1. The van der Waals surface area contributed by atoms with Crippen LogP contribution in [0.3, 0.4) is 0 Å². The van der Waals surface area contributed by atoms with Crippen molar-refractivity contribution in [1.29, 1.82) is 0 Å². The number of nitrogens with two attached hydrogens (primary N) is 1. The molecule has 1 amide bonds. The van der Waals surface area contributed by atoms with Gasteiger partial charge in [-0.2, -0.15) is 0 Å². The SMILES string of the molecule is Cl.NC(=O)CC1COc2ccccc2O1. The number of primary amides is 1. The highest BCUT2D eigenvalue weighted by Gasteiger charge is 2.21. The summed E-state index contributed by atoms with van der Waals surface area (Å²) in [5, 5.41) is 0. The van der Waals surface area contributed by atoms with Crippen molar-refractivity contribution in [2.75, 3.05) is 6.61 Å². The van der Waals surface area contributed by atoms with Gasteiger partial charge in [0, 0.05) is 0 Å². The molecule has 15 heavy (non-hydrogen) atoms. The van der Waals surface area contributed by atoms with Crippen molar-refractivity contribution in [2.24, 2.45) is 5.73 Å². The number of benzene rings is 1. The molecule has 0 saturated heterocycles. The Bertz CT molecular complexity index is 356. The van der Waals surface area contributed by atoms with Crippen molar-refractivity contribution >= 4 is 18.3 Å². The molecule has 82 valence electrons. The second-order valence-corrected chi connectivity index (χ2v) is 3.17. The van der Waals surface area contributed by atoms with Crippen LogP contribution in [0.4, 0.5) is 0 Å². The molecule has 0 aliphatic carbocycles. The summed E-state index contributed by atoms with van der Waals surface area (Å²) in [5.41, 5.74) is 5.07. The number of hydrogen-bond donors (Lipinski definition) is 1. The highest BCUT2D eigenvalue weighted by molar-refractivity contribution is 5.85. The topological polar surface area (TPSA) is 61.6 Å². The molecule has 1 aliphatic rings. The van der Waals surface area contributed by atoms with E-state index in [0.717, 1.165) is 0 Å². The van der Waals surface area contributed by atoms with Crippen molar-refractivity contribution in [1.82, 2.24) is 0 Å². The zero-order chi connectivity index (χ0) is 9.97. The maximum absolute atomic E-state index is 10.7. The smallest absolute Gasteiger partial charge is 0.221 e. The van der Waals surface area contributed by atoms with Gasteiger partial charge in [-0.1, -0.05) is 12.1 Å². The van der Waals surface area contributed by atoms with E-state index in [4.69, 9.17) is 15.2 Å². The van der Waals surface area contributed by atoms with Crippen LogP contribution in [0.5, 0.6) is 11.5 Å². The van der Waals surface area contributed by atoms with Gasteiger partial charge in [-0.05, 0) is 12.1 Å². The molecular formula is C10H12ClNO3. The van der Waals surface area contributed by atoms with Crippen molar-refractivity contribution in [3.8, 4) is 11.5 Å². The summed E-state index contributed by atoms with van der Waals surface area (Å²) in [4.78, 5) is 10.7. The van der Waals surface area contributed by atoms with Crippen LogP contribution in [0.2, 0.25) is 0 Å². The van der Waals surface area contributed by atoms with Crippen molar-refractivity contribution < 1.29 is 14.3 Å². The molecule has 1 aromatic rings. The van der Waals surface area contributed by atoms with Crippen molar-refractivity contribution in [2.45, 2.75) is 12.5 Å². The van der Waals surface area contributed by atoms with Gasteiger partial charge in [0.1, 0.15) is 12.7 Å². The first-order chi connectivity index (χ1) is 6.75. The van der Waals surface area contributed by atoms with Crippen LogP contribution in [-0.2, 0) is 4.79 Å². The molecule has 0 fully saturated rings. The fourth-order valence-electron chi connectivity index (χ4n) is 1.39. The Morgan fingerprint density at radius 3 is 2.73 bits per heavy atom. The number of ether oxygens (including phenoxy) is 2. The van der Waals surface area contributed by atoms with Crippen LogP contribution in [-0.4, -0.2) is 18.6 Å². The maximum atomic E-state index is 10.7. The van der Waals surface area contributed by atoms with E-state index >= 15 is 0 Å². The minimum Gasteiger partial charge on any atom is -0.486 e. The number of halogens is 1. The van der Waals surface area contributed by atoms with Gasteiger partial charge in [0.25, 0.3) is 0 Å². The molecule has 5 heteroatoms. The second kappa shape index (κ2) is 4.89. The van der Waals surface area contributed by atoms with Gasteiger partial charge in [-0.3, -0.25) is 4.79 Å². The Labute approximate surface area is 93.8 Å². The highest BCUT2D eigenvalue weighted by Crippen LogP contribution is 2.31. The predicted octanol–water partition coefficient (Wildman–Crippen LogP) is 1.12. The number of rotatable bonds is 2. The Morgan fingerprint density at radius 2 is 2.07 bits per heavy atom. The van der Waals surface area contributed by atoms with Gasteiger partial charge < -0.3 is 15.2 Å². The van der Waals surface area contributed by atoms with Gasteiger partial charge in [0.15, 0.2) is 11.5 Å². The molecule has 0 bridgehead atoms. The third-order valence-corrected chi connectivity index (χ3v) is 2.00. The molecule has 1 heterocycles. The molecule has 0 aromatic heterocycles. The van der Waals surface area contributed by atoms with Gasteiger partial charge in [0.2, 0.25) is 5.91 Å². The Hall–Kier alpha value is -1.42. The third kappa shape index (κ3) is 2.76. The summed E-state index contributed by atoms with van der Waals surface area (Å²) >= 11 is 0. The first kappa shape index (κ1) is 11.7. The summed E-state index contributed by atoms with van der Waals surface area (Å²) in [6.45, 7) is 0.375. The number of amides is 1. The summed E-state index contributed by atoms with van der Waals surface area (Å²) in [5.74, 6) is 1.01. The molecule has 0 radical (unpaired) electrons. The van der Waals surface area contributed by atoms with Crippen molar-refractivity contribution in [3.63, 3.8) is 0 Å². The molecule has 1 atom stereocenters. The van der Waals surface area contributed by atoms with Crippen LogP contribution in [0.1, 0.15) is 6.42 Å². The fourth-order valence-corrected chi connectivity index (χ4v) is 1.39. The summed E-state index contributed by atoms with van der Waals surface area (Å²) < 4.78 is 10.9. The lowest BCUT2D eigenvalue weighted by molar-refractivity contribution is -0.120. The lowest BCUT2D eigenvalue weighted by Gasteiger charge is -2.25. The van der Waals surface area contributed by atoms with E-state index in [1.807, 2.05) is 24.3 Å². The number of fused-ring (bicyclic) bond motifs is 1. The molecule has 1 unspecified atom stereocenters. The lowest BCUT2D eigenvalue weighted by atomic mass is 10.2. The van der Waals surface area contributed by atoms with E-state index in [0.29, 0.717) is 18.1 Å². The van der Waals surface area contributed by atoms with E-state index in [1.54, 1.807) is 0 Å². The van der Waals surface area contributed by atoms with E-state index in [1.165, 1.54) is 0 Å².